The van der Waals surface area contributed by atoms with Crippen molar-refractivity contribution in [2.24, 2.45) is 5.92 Å². The van der Waals surface area contributed by atoms with Crippen molar-refractivity contribution in [3.05, 3.63) is 100 Å². The Labute approximate surface area is 205 Å². The zero-order valence-corrected chi connectivity index (χ0v) is 20.1. The van der Waals surface area contributed by atoms with Crippen LogP contribution in [0.5, 0.6) is 5.75 Å². The fourth-order valence-corrected chi connectivity index (χ4v) is 4.25. The van der Waals surface area contributed by atoms with Crippen LogP contribution in [0.25, 0.3) is 0 Å². The molecule has 176 valence electrons. The molecular formula is C28H29ClN2O3. The molecule has 1 aliphatic rings. The smallest absolute Gasteiger partial charge is 0.253 e. The zero-order valence-electron chi connectivity index (χ0n) is 19.3. The molecule has 0 spiro atoms. The summed E-state index contributed by atoms with van der Waals surface area (Å²) in [5.74, 6) is 0.749. The second kappa shape index (κ2) is 11.2. The standard InChI is InChI=1S/C28H29ClN2O3/c1-20-3-2-4-22(17-20)19-34-26-11-5-21(6-12-26)18-30-27(32)23-13-15-31(16-14-23)28(33)24-7-9-25(29)10-8-24/h2-12,17,23H,13-16,18-19H2,1H3,(H,30,32). The van der Waals surface area contributed by atoms with E-state index in [2.05, 4.69) is 30.4 Å². The van der Waals surface area contributed by atoms with E-state index in [-0.39, 0.29) is 17.7 Å². The Morgan fingerprint density at radius 1 is 0.971 bits per heavy atom. The summed E-state index contributed by atoms with van der Waals surface area (Å²) in [6, 6.07) is 23.0. The molecule has 2 amide bonds. The molecule has 1 saturated heterocycles. The molecule has 4 rings (SSSR count). The van der Waals surface area contributed by atoms with E-state index < -0.39 is 0 Å². The summed E-state index contributed by atoms with van der Waals surface area (Å²) in [4.78, 5) is 27.1. The number of halogens is 1. The van der Waals surface area contributed by atoms with Crippen LogP contribution >= 0.6 is 11.6 Å². The molecule has 0 radical (unpaired) electrons. The Bertz CT molecular complexity index is 1120. The van der Waals surface area contributed by atoms with Crippen LogP contribution in [0.2, 0.25) is 5.02 Å². The lowest BCUT2D eigenvalue weighted by molar-refractivity contribution is -0.126. The average molecular weight is 477 g/mol. The Balaban J connectivity index is 1.20. The van der Waals surface area contributed by atoms with Crippen LogP contribution < -0.4 is 10.1 Å². The Morgan fingerprint density at radius 3 is 2.35 bits per heavy atom. The van der Waals surface area contributed by atoms with Gasteiger partial charge in [-0.05, 0) is 67.3 Å². The largest absolute Gasteiger partial charge is 0.489 e. The third-order valence-electron chi connectivity index (χ3n) is 6.12. The number of nitrogens with one attached hydrogen (secondary N) is 1. The van der Waals surface area contributed by atoms with Crippen LogP contribution in [-0.4, -0.2) is 29.8 Å². The molecule has 1 N–H and O–H groups in total. The molecule has 6 heteroatoms. The molecule has 0 unspecified atom stereocenters. The Hall–Kier alpha value is -3.31. The lowest BCUT2D eigenvalue weighted by atomic mass is 9.95. The summed E-state index contributed by atoms with van der Waals surface area (Å²) in [6.45, 7) is 4.22. The van der Waals surface area contributed by atoms with Crippen LogP contribution in [-0.2, 0) is 17.9 Å². The van der Waals surface area contributed by atoms with Gasteiger partial charge in [0.1, 0.15) is 12.4 Å². The van der Waals surface area contributed by atoms with E-state index >= 15 is 0 Å². The highest BCUT2D eigenvalue weighted by molar-refractivity contribution is 6.30. The number of hydrogen-bond acceptors (Lipinski definition) is 3. The molecule has 0 aliphatic carbocycles. The number of rotatable bonds is 7. The van der Waals surface area contributed by atoms with E-state index in [1.165, 1.54) is 5.56 Å². The van der Waals surface area contributed by atoms with Gasteiger partial charge in [0.25, 0.3) is 5.91 Å². The molecule has 0 saturated carbocycles. The minimum absolute atomic E-state index is 0.0137. The maximum absolute atomic E-state index is 12.7. The van der Waals surface area contributed by atoms with E-state index in [1.54, 1.807) is 24.3 Å². The molecule has 0 aromatic heterocycles. The maximum Gasteiger partial charge on any atom is 0.253 e. The van der Waals surface area contributed by atoms with Gasteiger partial charge in [-0.25, -0.2) is 0 Å². The highest BCUT2D eigenvalue weighted by Crippen LogP contribution is 2.21. The van der Waals surface area contributed by atoms with Crippen molar-refractivity contribution in [3.8, 4) is 5.75 Å². The fourth-order valence-electron chi connectivity index (χ4n) is 4.13. The van der Waals surface area contributed by atoms with Gasteiger partial charge in [-0.15, -0.1) is 0 Å². The predicted molar refractivity (Wildman–Crippen MR) is 134 cm³/mol. The summed E-state index contributed by atoms with van der Waals surface area (Å²) >= 11 is 5.90. The molecular weight excluding hydrogens is 448 g/mol. The number of likely N-dealkylation sites (tertiary alicyclic amines) is 1. The van der Waals surface area contributed by atoms with Gasteiger partial charge in [0.05, 0.1) is 0 Å². The van der Waals surface area contributed by atoms with E-state index in [0.717, 1.165) is 16.9 Å². The molecule has 1 heterocycles. The van der Waals surface area contributed by atoms with Crippen molar-refractivity contribution >= 4 is 23.4 Å². The number of piperidine rings is 1. The normalized spacial score (nSPS) is 14.0. The van der Waals surface area contributed by atoms with Gasteiger partial charge < -0.3 is 15.0 Å². The van der Waals surface area contributed by atoms with E-state index in [4.69, 9.17) is 16.3 Å². The third-order valence-corrected chi connectivity index (χ3v) is 6.37. The minimum Gasteiger partial charge on any atom is -0.489 e. The first-order valence-corrected chi connectivity index (χ1v) is 12.0. The first kappa shape index (κ1) is 23.8. The van der Waals surface area contributed by atoms with Crippen LogP contribution in [0.3, 0.4) is 0 Å². The van der Waals surface area contributed by atoms with Crippen molar-refractivity contribution in [2.45, 2.75) is 32.9 Å². The molecule has 5 nitrogen and oxygen atoms in total. The second-order valence-electron chi connectivity index (χ2n) is 8.71. The first-order valence-electron chi connectivity index (χ1n) is 11.6. The number of carbonyl (C=O) groups excluding carboxylic acids is 2. The van der Waals surface area contributed by atoms with Crippen LogP contribution in [0.1, 0.15) is 39.9 Å². The van der Waals surface area contributed by atoms with Gasteiger partial charge >= 0.3 is 0 Å². The monoisotopic (exact) mass is 476 g/mol. The van der Waals surface area contributed by atoms with Gasteiger partial charge in [-0.3, -0.25) is 9.59 Å². The minimum atomic E-state index is -0.0776. The van der Waals surface area contributed by atoms with Crippen molar-refractivity contribution in [1.82, 2.24) is 10.2 Å². The number of ether oxygens (including phenoxy) is 1. The van der Waals surface area contributed by atoms with Crippen molar-refractivity contribution < 1.29 is 14.3 Å². The molecule has 0 atom stereocenters. The van der Waals surface area contributed by atoms with Gasteiger partial charge in [-0.1, -0.05) is 53.6 Å². The van der Waals surface area contributed by atoms with Crippen LogP contribution in [0.4, 0.5) is 0 Å². The van der Waals surface area contributed by atoms with E-state index in [1.807, 2.05) is 35.2 Å². The summed E-state index contributed by atoms with van der Waals surface area (Å²) in [5.41, 5.74) is 3.99. The van der Waals surface area contributed by atoms with Crippen molar-refractivity contribution in [2.75, 3.05) is 13.1 Å². The number of benzene rings is 3. The molecule has 1 fully saturated rings. The summed E-state index contributed by atoms with van der Waals surface area (Å²) < 4.78 is 5.86. The Kier molecular flexibility index (Phi) is 7.86. The summed E-state index contributed by atoms with van der Waals surface area (Å²) in [6.07, 6.45) is 1.33. The Morgan fingerprint density at radius 2 is 1.68 bits per heavy atom. The second-order valence-corrected chi connectivity index (χ2v) is 9.15. The summed E-state index contributed by atoms with van der Waals surface area (Å²) in [7, 11) is 0. The lowest BCUT2D eigenvalue weighted by Crippen LogP contribution is -2.42. The van der Waals surface area contributed by atoms with Gasteiger partial charge in [-0.2, -0.15) is 0 Å². The topological polar surface area (TPSA) is 58.6 Å². The average Bonchev–Trinajstić information content (AvgIpc) is 2.87. The molecule has 3 aromatic carbocycles. The van der Waals surface area contributed by atoms with Crippen molar-refractivity contribution in [3.63, 3.8) is 0 Å². The highest BCUT2D eigenvalue weighted by Gasteiger charge is 2.27. The van der Waals surface area contributed by atoms with Crippen LogP contribution in [0.15, 0.2) is 72.8 Å². The maximum atomic E-state index is 12.7. The van der Waals surface area contributed by atoms with Crippen LogP contribution in [0, 0.1) is 12.8 Å². The molecule has 3 aromatic rings. The molecule has 0 bridgehead atoms. The quantitative estimate of drug-likeness (QED) is 0.497. The van der Waals surface area contributed by atoms with Gasteiger partial charge in [0.15, 0.2) is 0 Å². The third kappa shape index (κ3) is 6.39. The fraction of sp³-hybridized carbons (Fsp3) is 0.286. The molecule has 34 heavy (non-hydrogen) atoms. The lowest BCUT2D eigenvalue weighted by Gasteiger charge is -2.31. The first-order chi connectivity index (χ1) is 16.5. The number of carbonyl (C=O) groups is 2. The number of amides is 2. The van der Waals surface area contributed by atoms with Gasteiger partial charge in [0.2, 0.25) is 5.91 Å². The highest BCUT2D eigenvalue weighted by atomic mass is 35.5. The van der Waals surface area contributed by atoms with Gasteiger partial charge in [0, 0.05) is 36.1 Å². The van der Waals surface area contributed by atoms with E-state index in [9.17, 15) is 9.59 Å². The SMILES string of the molecule is Cc1cccc(COc2ccc(CNC(=O)C3CCN(C(=O)c4ccc(Cl)cc4)CC3)cc2)c1. The predicted octanol–water partition coefficient (Wildman–Crippen LogP) is 5.40. The number of nitrogens with zero attached hydrogens (tertiary/aromatic N) is 1. The summed E-state index contributed by atoms with van der Waals surface area (Å²) in [5, 5.41) is 3.64. The van der Waals surface area contributed by atoms with Crippen molar-refractivity contribution in [1.29, 1.82) is 0 Å². The molecule has 1 aliphatic heterocycles. The zero-order chi connectivity index (χ0) is 23.9. The van der Waals surface area contributed by atoms with E-state index in [0.29, 0.717) is 49.7 Å². The number of aryl methyl sites for hydroxylation is 1. The number of hydrogen-bond donors (Lipinski definition) is 1.